The van der Waals surface area contributed by atoms with Gasteiger partial charge in [0.15, 0.2) is 5.82 Å². The third kappa shape index (κ3) is 2.87. The summed E-state index contributed by atoms with van der Waals surface area (Å²) < 4.78 is 4.81. The van der Waals surface area contributed by atoms with Crippen molar-refractivity contribution >= 4 is 16.7 Å². The third-order valence-corrected chi connectivity index (χ3v) is 5.06. The number of likely N-dealkylation sites (tertiary alicyclic amines) is 1. The fraction of sp³-hybridized carbons (Fsp3) is 0.389. The number of rotatable bonds is 3. The number of nitrogens with one attached hydrogen (secondary N) is 1. The highest BCUT2D eigenvalue weighted by Crippen LogP contribution is 2.28. The van der Waals surface area contributed by atoms with Gasteiger partial charge in [0.05, 0.1) is 17.0 Å². The number of nitrogens with zero attached hydrogens (tertiary/aromatic N) is 4. The lowest BCUT2D eigenvalue weighted by molar-refractivity contribution is -0.133. The monoisotopic (exact) mass is 353 g/mol. The smallest absolute Gasteiger partial charge is 0.272 e. The van der Waals surface area contributed by atoms with Crippen molar-refractivity contribution in [2.75, 3.05) is 13.1 Å². The summed E-state index contributed by atoms with van der Waals surface area (Å²) in [5, 5.41) is 11.8. The van der Waals surface area contributed by atoms with Crippen LogP contribution in [0.1, 0.15) is 43.1 Å². The Morgan fingerprint density at radius 1 is 1.27 bits per heavy atom. The van der Waals surface area contributed by atoms with E-state index in [0.717, 1.165) is 18.2 Å². The average molecular weight is 353 g/mol. The van der Waals surface area contributed by atoms with Gasteiger partial charge in [0.2, 0.25) is 12.3 Å². The maximum Gasteiger partial charge on any atom is 0.272 e. The Morgan fingerprint density at radius 3 is 2.69 bits per heavy atom. The van der Waals surface area contributed by atoms with E-state index < -0.39 is 5.92 Å². The van der Waals surface area contributed by atoms with Crippen LogP contribution in [-0.4, -0.2) is 44.2 Å². The molecule has 0 bridgehead atoms. The van der Waals surface area contributed by atoms with Crippen LogP contribution in [0, 0.1) is 0 Å². The van der Waals surface area contributed by atoms with Crippen LogP contribution in [0.4, 0.5) is 0 Å². The minimum atomic E-state index is -0.432. The Balaban J connectivity index is 1.52. The first-order valence-corrected chi connectivity index (χ1v) is 8.67. The van der Waals surface area contributed by atoms with Crippen LogP contribution in [0.15, 0.2) is 40.0 Å². The van der Waals surface area contributed by atoms with Crippen LogP contribution in [-0.2, 0) is 4.79 Å². The molecule has 8 heteroatoms. The van der Waals surface area contributed by atoms with Crippen molar-refractivity contribution in [3.63, 3.8) is 0 Å². The van der Waals surface area contributed by atoms with Crippen LogP contribution in [0.5, 0.6) is 0 Å². The number of carbonyl (C=O) groups excluding carboxylic acids is 1. The second-order valence-electron chi connectivity index (χ2n) is 6.59. The molecule has 1 atom stereocenters. The highest BCUT2D eigenvalue weighted by atomic mass is 16.5. The average Bonchev–Trinajstić information content (AvgIpc) is 3.22. The molecule has 0 radical (unpaired) electrons. The molecule has 8 nitrogen and oxygen atoms in total. The van der Waals surface area contributed by atoms with Gasteiger partial charge in [-0.2, -0.15) is 10.1 Å². The number of benzene rings is 1. The number of aromatic amines is 1. The molecule has 0 saturated carbocycles. The van der Waals surface area contributed by atoms with Gasteiger partial charge in [0.25, 0.3) is 5.56 Å². The summed E-state index contributed by atoms with van der Waals surface area (Å²) in [5.74, 6) is 0.512. The molecule has 1 fully saturated rings. The summed E-state index contributed by atoms with van der Waals surface area (Å²) in [4.78, 5) is 30.9. The molecule has 1 saturated heterocycles. The van der Waals surface area contributed by atoms with Crippen molar-refractivity contribution in [1.29, 1.82) is 0 Å². The van der Waals surface area contributed by atoms with Crippen molar-refractivity contribution in [2.45, 2.75) is 31.6 Å². The first-order chi connectivity index (χ1) is 12.6. The minimum absolute atomic E-state index is 0.0151. The van der Waals surface area contributed by atoms with Crippen molar-refractivity contribution in [3.8, 4) is 0 Å². The number of hydrogen-bond acceptors (Lipinski definition) is 6. The lowest BCUT2D eigenvalue weighted by Gasteiger charge is -2.32. The summed E-state index contributed by atoms with van der Waals surface area (Å²) in [6.45, 7) is 3.12. The maximum atomic E-state index is 13.0. The largest absolute Gasteiger partial charge is 0.343 e. The van der Waals surface area contributed by atoms with Crippen LogP contribution in [0.25, 0.3) is 10.8 Å². The molecular weight excluding hydrogens is 334 g/mol. The number of hydrogen-bond donors (Lipinski definition) is 1. The standard InChI is InChI=1S/C18H19N5O3/c1-11(15-13-4-2-3-5-14(13)17(24)21-20-15)18(25)23-8-6-12(7-9-23)16-19-10-26-22-16/h2-5,10-12H,6-9H2,1H3,(H,21,24). The van der Waals surface area contributed by atoms with Gasteiger partial charge in [-0.25, -0.2) is 5.10 Å². The van der Waals surface area contributed by atoms with Gasteiger partial charge in [0.1, 0.15) is 0 Å². The molecule has 2 aromatic heterocycles. The Bertz CT molecular complexity index is 974. The van der Waals surface area contributed by atoms with Crippen molar-refractivity contribution in [1.82, 2.24) is 25.2 Å². The molecule has 0 aliphatic carbocycles. The lowest BCUT2D eigenvalue weighted by atomic mass is 9.94. The molecule has 1 unspecified atom stereocenters. The predicted molar refractivity (Wildman–Crippen MR) is 93.6 cm³/mol. The molecule has 4 rings (SSSR count). The molecule has 3 aromatic rings. The van der Waals surface area contributed by atoms with E-state index in [0.29, 0.717) is 30.0 Å². The number of amides is 1. The van der Waals surface area contributed by atoms with Crippen LogP contribution in [0.3, 0.4) is 0 Å². The highest BCUT2D eigenvalue weighted by Gasteiger charge is 2.30. The maximum absolute atomic E-state index is 13.0. The van der Waals surface area contributed by atoms with Crippen LogP contribution in [0.2, 0.25) is 0 Å². The van der Waals surface area contributed by atoms with Gasteiger partial charge in [-0.3, -0.25) is 9.59 Å². The van der Waals surface area contributed by atoms with E-state index in [1.165, 1.54) is 6.39 Å². The minimum Gasteiger partial charge on any atom is -0.343 e. The molecule has 1 aliphatic heterocycles. The Labute approximate surface area is 149 Å². The predicted octanol–water partition coefficient (Wildman–Crippen LogP) is 1.82. The molecule has 1 amide bonds. The summed E-state index contributed by atoms with van der Waals surface area (Å²) in [6, 6.07) is 7.23. The van der Waals surface area contributed by atoms with Gasteiger partial charge in [-0.1, -0.05) is 23.4 Å². The zero-order chi connectivity index (χ0) is 18.1. The van der Waals surface area contributed by atoms with Crippen LogP contribution >= 0.6 is 0 Å². The van der Waals surface area contributed by atoms with E-state index in [4.69, 9.17) is 4.52 Å². The zero-order valence-corrected chi connectivity index (χ0v) is 14.4. The number of aromatic nitrogens is 4. The van der Waals surface area contributed by atoms with E-state index in [1.807, 2.05) is 24.0 Å². The van der Waals surface area contributed by atoms with Crippen LogP contribution < -0.4 is 5.56 Å². The van der Waals surface area contributed by atoms with Crippen molar-refractivity contribution in [2.24, 2.45) is 0 Å². The second kappa shape index (κ2) is 6.70. The van der Waals surface area contributed by atoms with E-state index in [-0.39, 0.29) is 17.4 Å². The quantitative estimate of drug-likeness (QED) is 0.770. The number of carbonyl (C=O) groups is 1. The lowest BCUT2D eigenvalue weighted by Crippen LogP contribution is -2.40. The number of piperidine rings is 1. The number of fused-ring (bicyclic) bond motifs is 1. The van der Waals surface area contributed by atoms with Gasteiger partial charge in [-0.15, -0.1) is 0 Å². The number of H-pyrrole nitrogens is 1. The Morgan fingerprint density at radius 2 is 2.00 bits per heavy atom. The van der Waals surface area contributed by atoms with Gasteiger partial charge in [-0.05, 0) is 25.8 Å². The molecule has 1 N–H and O–H groups in total. The fourth-order valence-electron chi connectivity index (χ4n) is 3.57. The summed E-state index contributed by atoms with van der Waals surface area (Å²) in [7, 11) is 0. The second-order valence-corrected chi connectivity index (χ2v) is 6.59. The molecule has 0 spiro atoms. The first-order valence-electron chi connectivity index (χ1n) is 8.67. The highest BCUT2D eigenvalue weighted by molar-refractivity contribution is 5.91. The molecule has 1 aliphatic rings. The van der Waals surface area contributed by atoms with Gasteiger partial charge < -0.3 is 9.42 Å². The van der Waals surface area contributed by atoms with Gasteiger partial charge in [0, 0.05) is 24.4 Å². The SMILES string of the molecule is CC(C(=O)N1CCC(c2ncon2)CC1)c1n[nH]c(=O)c2ccccc12. The zero-order valence-electron chi connectivity index (χ0n) is 14.4. The van der Waals surface area contributed by atoms with Crippen molar-refractivity contribution < 1.29 is 9.32 Å². The first kappa shape index (κ1) is 16.4. The summed E-state index contributed by atoms with van der Waals surface area (Å²) >= 11 is 0. The topological polar surface area (TPSA) is 105 Å². The summed E-state index contributed by atoms with van der Waals surface area (Å²) in [6.07, 6.45) is 2.94. The molecule has 134 valence electrons. The Kier molecular flexibility index (Phi) is 4.24. The molecule has 3 heterocycles. The molecule has 1 aromatic carbocycles. The van der Waals surface area contributed by atoms with E-state index in [2.05, 4.69) is 20.3 Å². The van der Waals surface area contributed by atoms with E-state index in [1.54, 1.807) is 12.1 Å². The summed E-state index contributed by atoms with van der Waals surface area (Å²) in [5.41, 5.74) is 0.357. The van der Waals surface area contributed by atoms with E-state index in [9.17, 15) is 9.59 Å². The fourth-order valence-corrected chi connectivity index (χ4v) is 3.57. The van der Waals surface area contributed by atoms with Gasteiger partial charge >= 0.3 is 0 Å². The Hall–Kier alpha value is -3.03. The van der Waals surface area contributed by atoms with Crippen molar-refractivity contribution in [3.05, 3.63) is 52.5 Å². The molecular formula is C18H19N5O3. The van der Waals surface area contributed by atoms with E-state index >= 15 is 0 Å². The normalized spacial score (nSPS) is 16.7. The third-order valence-electron chi connectivity index (χ3n) is 5.06. The molecule has 26 heavy (non-hydrogen) atoms.